The maximum absolute atomic E-state index is 10.2. The first-order chi connectivity index (χ1) is 13.3. The van der Waals surface area contributed by atoms with Gasteiger partial charge in [0, 0.05) is 17.8 Å². The molecule has 0 saturated carbocycles. The van der Waals surface area contributed by atoms with Gasteiger partial charge in [-0.05, 0) is 30.0 Å². The highest BCUT2D eigenvalue weighted by Crippen LogP contribution is 2.29. The molecule has 2 aromatic rings. The Morgan fingerprint density at radius 2 is 1.59 bits per heavy atom. The van der Waals surface area contributed by atoms with Gasteiger partial charge in [-0.25, -0.2) is 4.98 Å². The summed E-state index contributed by atoms with van der Waals surface area (Å²) in [5.41, 5.74) is 3.00. The van der Waals surface area contributed by atoms with Crippen LogP contribution in [-0.4, -0.2) is 16.7 Å². The van der Waals surface area contributed by atoms with Crippen molar-refractivity contribution in [2.24, 2.45) is 0 Å². The second-order valence-corrected chi connectivity index (χ2v) is 7.22. The fourth-order valence-corrected chi connectivity index (χ4v) is 3.31. The van der Waals surface area contributed by atoms with Gasteiger partial charge in [-0.1, -0.05) is 83.1 Å². The molecule has 27 heavy (non-hydrogen) atoms. The molecule has 1 unspecified atom stereocenters. The molecule has 0 radical (unpaired) electrons. The van der Waals surface area contributed by atoms with Gasteiger partial charge in [0.25, 0.3) is 0 Å². The minimum atomic E-state index is -0.445. The van der Waals surface area contributed by atoms with Crippen LogP contribution in [0.5, 0.6) is 5.88 Å². The van der Waals surface area contributed by atoms with Gasteiger partial charge in [0.15, 0.2) is 0 Å². The zero-order valence-electron chi connectivity index (χ0n) is 17.0. The Bertz CT molecular complexity index is 639. The molecule has 1 aromatic carbocycles. The zero-order chi connectivity index (χ0) is 19.3. The van der Waals surface area contributed by atoms with Crippen LogP contribution in [0.3, 0.4) is 0 Å². The molecule has 1 aromatic heterocycles. The maximum atomic E-state index is 10.2. The van der Waals surface area contributed by atoms with Gasteiger partial charge in [-0.3, -0.25) is 0 Å². The second kappa shape index (κ2) is 12.5. The zero-order valence-corrected chi connectivity index (χ0v) is 17.0. The van der Waals surface area contributed by atoms with Crippen LogP contribution in [0.1, 0.15) is 83.3 Å². The lowest BCUT2D eigenvalue weighted by Gasteiger charge is -2.14. The first kappa shape index (κ1) is 21.4. The smallest absolute Gasteiger partial charge is 0.213 e. The van der Waals surface area contributed by atoms with Crippen LogP contribution in [0.25, 0.3) is 11.1 Å². The van der Waals surface area contributed by atoms with Crippen molar-refractivity contribution in [2.75, 3.05) is 6.61 Å². The highest BCUT2D eigenvalue weighted by Gasteiger charge is 2.11. The molecule has 2 rings (SSSR count). The van der Waals surface area contributed by atoms with Crippen molar-refractivity contribution in [3.05, 3.63) is 48.2 Å². The Kier molecular flexibility index (Phi) is 9.93. The second-order valence-electron chi connectivity index (χ2n) is 7.22. The van der Waals surface area contributed by atoms with Crippen LogP contribution in [0.4, 0.5) is 0 Å². The van der Waals surface area contributed by atoms with Crippen molar-refractivity contribution in [1.29, 1.82) is 0 Å². The third-order valence-electron chi connectivity index (χ3n) is 5.00. The summed E-state index contributed by atoms with van der Waals surface area (Å²) in [6.45, 7) is 4.97. The Balaban J connectivity index is 1.76. The summed E-state index contributed by atoms with van der Waals surface area (Å²) >= 11 is 0. The van der Waals surface area contributed by atoms with Crippen molar-refractivity contribution in [3.63, 3.8) is 0 Å². The summed E-state index contributed by atoms with van der Waals surface area (Å²) in [5.74, 6) is 0.676. The summed E-state index contributed by atoms with van der Waals surface area (Å²) in [7, 11) is 0. The van der Waals surface area contributed by atoms with E-state index < -0.39 is 6.10 Å². The molecular weight excluding hydrogens is 334 g/mol. The largest absolute Gasteiger partial charge is 0.478 e. The molecule has 1 atom stereocenters. The molecule has 0 aliphatic carbocycles. The van der Waals surface area contributed by atoms with Crippen molar-refractivity contribution in [2.45, 2.75) is 77.7 Å². The van der Waals surface area contributed by atoms with Crippen LogP contribution in [0, 0.1) is 0 Å². The van der Waals surface area contributed by atoms with Crippen molar-refractivity contribution in [1.82, 2.24) is 4.98 Å². The molecule has 0 bridgehead atoms. The molecule has 1 heterocycles. The van der Waals surface area contributed by atoms with E-state index in [1.54, 1.807) is 0 Å². The minimum Gasteiger partial charge on any atom is -0.478 e. The van der Waals surface area contributed by atoms with Gasteiger partial charge in [0.05, 0.1) is 12.7 Å². The number of rotatable bonds is 13. The first-order valence-electron chi connectivity index (χ1n) is 10.6. The van der Waals surface area contributed by atoms with Gasteiger partial charge in [0.2, 0.25) is 5.88 Å². The maximum Gasteiger partial charge on any atom is 0.213 e. The fourth-order valence-electron chi connectivity index (χ4n) is 3.31. The van der Waals surface area contributed by atoms with Crippen molar-refractivity contribution in [3.8, 4) is 17.0 Å². The number of aromatic nitrogens is 1. The molecule has 0 spiro atoms. The Labute approximate surface area is 164 Å². The molecule has 0 aliphatic rings. The van der Waals surface area contributed by atoms with Crippen LogP contribution in [0.15, 0.2) is 42.6 Å². The van der Waals surface area contributed by atoms with Crippen LogP contribution in [0.2, 0.25) is 0 Å². The van der Waals surface area contributed by atoms with Gasteiger partial charge in [-0.2, -0.15) is 0 Å². The molecule has 0 saturated heterocycles. The van der Waals surface area contributed by atoms with E-state index in [1.807, 2.05) is 49.5 Å². The molecule has 0 fully saturated rings. The number of nitrogens with zero attached hydrogens (tertiary/aromatic N) is 1. The summed E-state index contributed by atoms with van der Waals surface area (Å²) in [5, 5.41) is 10.2. The Morgan fingerprint density at radius 1 is 0.889 bits per heavy atom. The lowest BCUT2D eigenvalue weighted by molar-refractivity contribution is 0.174. The summed E-state index contributed by atoms with van der Waals surface area (Å²) in [6.07, 6.45) is 12.5. The number of aliphatic hydroxyl groups excluding tert-OH is 1. The van der Waals surface area contributed by atoms with Crippen LogP contribution >= 0.6 is 0 Å². The molecular formula is C24H35NO2. The third-order valence-corrected chi connectivity index (χ3v) is 5.00. The predicted octanol–water partition coefficient (Wildman–Crippen LogP) is 6.71. The Morgan fingerprint density at radius 3 is 2.26 bits per heavy atom. The molecule has 0 aliphatic heterocycles. The Hall–Kier alpha value is -1.87. The number of aliphatic hydroxyl groups is 1. The number of ether oxygens (including phenoxy) is 1. The molecule has 3 nitrogen and oxygen atoms in total. The fraction of sp³-hybridized carbons (Fsp3) is 0.542. The van der Waals surface area contributed by atoms with E-state index in [0.717, 1.165) is 29.7 Å². The SMILES string of the molecule is CCCCCCCCCCOc1ccc(-c2ccccc2C(O)CC)cn1. The van der Waals surface area contributed by atoms with Gasteiger partial charge >= 0.3 is 0 Å². The molecule has 148 valence electrons. The lowest BCUT2D eigenvalue weighted by Crippen LogP contribution is -2.00. The number of hydrogen-bond donors (Lipinski definition) is 1. The highest BCUT2D eigenvalue weighted by molar-refractivity contribution is 5.67. The van der Waals surface area contributed by atoms with E-state index in [0.29, 0.717) is 12.3 Å². The van der Waals surface area contributed by atoms with E-state index in [-0.39, 0.29) is 0 Å². The van der Waals surface area contributed by atoms with E-state index in [4.69, 9.17) is 4.74 Å². The van der Waals surface area contributed by atoms with E-state index in [9.17, 15) is 5.11 Å². The average molecular weight is 370 g/mol. The highest BCUT2D eigenvalue weighted by atomic mass is 16.5. The minimum absolute atomic E-state index is 0.445. The van der Waals surface area contributed by atoms with Gasteiger partial charge in [-0.15, -0.1) is 0 Å². The molecule has 0 amide bonds. The van der Waals surface area contributed by atoms with E-state index in [1.165, 1.54) is 44.9 Å². The number of pyridine rings is 1. The third kappa shape index (κ3) is 7.34. The first-order valence-corrected chi connectivity index (χ1v) is 10.6. The van der Waals surface area contributed by atoms with E-state index >= 15 is 0 Å². The normalized spacial score (nSPS) is 12.1. The van der Waals surface area contributed by atoms with Gasteiger partial charge < -0.3 is 9.84 Å². The van der Waals surface area contributed by atoms with Crippen molar-refractivity contribution >= 4 is 0 Å². The monoisotopic (exact) mass is 369 g/mol. The predicted molar refractivity (Wildman–Crippen MR) is 113 cm³/mol. The van der Waals surface area contributed by atoms with Crippen LogP contribution in [-0.2, 0) is 0 Å². The van der Waals surface area contributed by atoms with Gasteiger partial charge in [0.1, 0.15) is 0 Å². The summed E-state index contributed by atoms with van der Waals surface area (Å²) in [4.78, 5) is 4.45. The van der Waals surface area contributed by atoms with E-state index in [2.05, 4.69) is 11.9 Å². The number of unbranched alkanes of at least 4 members (excludes halogenated alkanes) is 7. The quantitative estimate of drug-likeness (QED) is 0.399. The number of benzene rings is 1. The molecule has 3 heteroatoms. The topological polar surface area (TPSA) is 42.4 Å². The average Bonchev–Trinajstić information content (AvgIpc) is 2.72. The summed E-state index contributed by atoms with van der Waals surface area (Å²) < 4.78 is 5.78. The standard InChI is InChI=1S/C24H35NO2/c1-3-5-6-7-8-9-10-13-18-27-24-17-16-20(19-25-24)21-14-11-12-15-22(21)23(26)4-2/h11-12,14-17,19,23,26H,3-10,13,18H2,1-2H3. The number of hydrogen-bond acceptors (Lipinski definition) is 3. The molecule has 1 N–H and O–H groups in total. The summed E-state index contributed by atoms with van der Waals surface area (Å²) in [6, 6.07) is 11.9. The van der Waals surface area contributed by atoms with Crippen LogP contribution < -0.4 is 4.74 Å². The lowest BCUT2D eigenvalue weighted by atomic mass is 9.96. The van der Waals surface area contributed by atoms with Crippen molar-refractivity contribution < 1.29 is 9.84 Å².